The highest BCUT2D eigenvalue weighted by Crippen LogP contribution is 2.40. The van der Waals surface area contributed by atoms with Crippen molar-refractivity contribution in [2.75, 3.05) is 13.1 Å². The van der Waals surface area contributed by atoms with Crippen molar-refractivity contribution in [2.24, 2.45) is 0 Å². The minimum Gasteiger partial charge on any atom is -0.447 e. The summed E-state index contributed by atoms with van der Waals surface area (Å²) in [4.78, 5) is 40.8. The number of nitrogens with one attached hydrogen (secondary N) is 1. The summed E-state index contributed by atoms with van der Waals surface area (Å²) in [6.07, 6.45) is 0.0790. The average molecular weight is 395 g/mol. The molecule has 0 saturated carbocycles. The fraction of sp³-hybridized carbons (Fsp3) is 0.706. The number of rotatable bonds is 6. The molecule has 3 heterocycles. The molecule has 2 fully saturated rings. The number of aromatic nitrogens is 2. The van der Waals surface area contributed by atoms with Crippen LogP contribution in [0, 0.1) is 0 Å². The monoisotopic (exact) mass is 395 g/mol. The number of β-lactam (4-membered cyclic amide) rings is 1. The van der Waals surface area contributed by atoms with Crippen LogP contribution in [0.3, 0.4) is 0 Å². The summed E-state index contributed by atoms with van der Waals surface area (Å²) in [6, 6.07) is -1.20. The van der Waals surface area contributed by atoms with E-state index in [1.165, 1.54) is 23.1 Å². The van der Waals surface area contributed by atoms with Gasteiger partial charge in [0, 0.05) is 6.54 Å². The number of aliphatic hydroxyl groups excluding tert-OH is 1. The second-order valence-electron chi connectivity index (χ2n) is 7.44. The summed E-state index contributed by atoms with van der Waals surface area (Å²) >= 11 is 0. The zero-order valence-electron chi connectivity index (χ0n) is 16.1. The van der Waals surface area contributed by atoms with E-state index < -0.39 is 29.7 Å². The molecule has 0 aliphatic carbocycles. The Balaban J connectivity index is 1.69. The van der Waals surface area contributed by atoms with E-state index in [1.54, 1.807) is 13.8 Å². The van der Waals surface area contributed by atoms with Crippen molar-refractivity contribution in [3.05, 3.63) is 12.3 Å². The Labute approximate surface area is 162 Å². The topological polar surface area (TPSA) is 138 Å². The van der Waals surface area contributed by atoms with Gasteiger partial charge in [0.25, 0.3) is 5.91 Å². The van der Waals surface area contributed by atoms with Gasteiger partial charge < -0.3 is 29.4 Å². The van der Waals surface area contributed by atoms with Crippen LogP contribution in [0.1, 0.15) is 39.5 Å². The smallest absolute Gasteiger partial charge is 0.408 e. The predicted octanol–water partition coefficient (Wildman–Crippen LogP) is -0.343. The minimum atomic E-state index is -1.20. The Bertz CT molecular complexity index is 736. The van der Waals surface area contributed by atoms with Gasteiger partial charge in [-0.2, -0.15) is 0 Å². The highest BCUT2D eigenvalue weighted by atomic mass is 16.6. The highest BCUT2D eigenvalue weighted by molar-refractivity contribution is 5.99. The largest absolute Gasteiger partial charge is 0.447 e. The van der Waals surface area contributed by atoms with Crippen LogP contribution in [0.25, 0.3) is 0 Å². The molecule has 11 nitrogen and oxygen atoms in total. The molecule has 0 radical (unpaired) electrons. The fourth-order valence-electron chi connectivity index (χ4n) is 3.73. The normalized spacial score (nSPS) is 23.7. The molecule has 3 rings (SSSR count). The van der Waals surface area contributed by atoms with Crippen LogP contribution in [-0.2, 0) is 20.9 Å². The third-order valence-electron chi connectivity index (χ3n) is 4.99. The molecule has 3 unspecified atom stereocenters. The van der Waals surface area contributed by atoms with Gasteiger partial charge in [0.2, 0.25) is 18.2 Å². The van der Waals surface area contributed by atoms with Gasteiger partial charge >= 0.3 is 6.09 Å². The van der Waals surface area contributed by atoms with Gasteiger partial charge in [-0.15, -0.1) is 10.2 Å². The number of nitrogens with zero attached hydrogens (tertiary/aromatic N) is 4. The fourth-order valence-corrected chi connectivity index (χ4v) is 3.73. The molecule has 2 aliphatic rings. The molecule has 2 N–H and O–H groups in total. The van der Waals surface area contributed by atoms with Crippen molar-refractivity contribution in [3.8, 4) is 0 Å². The van der Waals surface area contributed by atoms with Crippen LogP contribution in [0.5, 0.6) is 0 Å². The number of carbonyl (C=O) groups is 3. The van der Waals surface area contributed by atoms with E-state index in [9.17, 15) is 19.5 Å². The Kier molecular flexibility index (Phi) is 5.54. The van der Waals surface area contributed by atoms with E-state index in [4.69, 9.17) is 9.15 Å². The zero-order valence-corrected chi connectivity index (χ0v) is 16.1. The van der Waals surface area contributed by atoms with Crippen LogP contribution in [0.15, 0.2) is 10.8 Å². The van der Waals surface area contributed by atoms with E-state index in [-0.39, 0.29) is 18.6 Å². The van der Waals surface area contributed by atoms with Crippen LogP contribution < -0.4 is 5.32 Å². The lowest BCUT2D eigenvalue weighted by atomic mass is 9.85. The van der Waals surface area contributed by atoms with E-state index in [0.29, 0.717) is 31.8 Å². The lowest BCUT2D eigenvalue weighted by Gasteiger charge is -2.51. The average Bonchev–Trinajstić information content (AvgIpc) is 3.28. The molecule has 154 valence electrons. The maximum atomic E-state index is 13.1. The third-order valence-corrected chi connectivity index (χ3v) is 4.99. The maximum absolute atomic E-state index is 13.1. The third kappa shape index (κ3) is 3.66. The van der Waals surface area contributed by atoms with E-state index >= 15 is 0 Å². The van der Waals surface area contributed by atoms with E-state index in [0.717, 1.165) is 0 Å². The van der Waals surface area contributed by atoms with Gasteiger partial charge in [-0.05, 0) is 33.6 Å². The number of hydrogen-bond acceptors (Lipinski definition) is 8. The Hall–Kier alpha value is -2.69. The summed E-state index contributed by atoms with van der Waals surface area (Å²) in [5, 5.41) is 19.8. The summed E-state index contributed by atoms with van der Waals surface area (Å²) < 4.78 is 10.1. The molecule has 2 aliphatic heterocycles. The van der Waals surface area contributed by atoms with Gasteiger partial charge in [-0.1, -0.05) is 0 Å². The van der Waals surface area contributed by atoms with Crippen LogP contribution in [-0.4, -0.2) is 79.9 Å². The first-order chi connectivity index (χ1) is 13.2. The number of likely N-dealkylation sites (tertiary alicyclic amines) is 2. The van der Waals surface area contributed by atoms with Crippen molar-refractivity contribution in [3.63, 3.8) is 0 Å². The minimum absolute atomic E-state index is 0.182. The molecular formula is C17H25N5O6. The SMILES string of the molecule is CC(C)OC(=O)NC(C(=O)N1CCCC12CN(Cc1nnco1)C2=O)C(C)O. The quantitative estimate of drug-likeness (QED) is 0.624. The summed E-state index contributed by atoms with van der Waals surface area (Å²) in [5.74, 6) is -0.385. The van der Waals surface area contributed by atoms with E-state index in [1.807, 2.05) is 0 Å². The van der Waals surface area contributed by atoms with Crippen LogP contribution in [0.2, 0.25) is 0 Å². The molecular weight excluding hydrogens is 370 g/mol. The summed E-state index contributed by atoms with van der Waals surface area (Å²) in [7, 11) is 0. The zero-order chi connectivity index (χ0) is 20.5. The molecule has 11 heteroatoms. The van der Waals surface area contributed by atoms with Crippen molar-refractivity contribution in [1.29, 1.82) is 0 Å². The van der Waals surface area contributed by atoms with Gasteiger partial charge in [0.15, 0.2) is 0 Å². The molecule has 0 aromatic carbocycles. The van der Waals surface area contributed by atoms with Gasteiger partial charge in [-0.3, -0.25) is 9.59 Å². The molecule has 1 spiro atoms. The van der Waals surface area contributed by atoms with Crippen LogP contribution in [0.4, 0.5) is 4.79 Å². The molecule has 1 aromatic rings. The molecule has 2 saturated heterocycles. The first kappa shape index (κ1) is 20.1. The number of carbonyl (C=O) groups excluding carboxylic acids is 3. The molecule has 3 atom stereocenters. The van der Waals surface area contributed by atoms with Crippen molar-refractivity contribution in [2.45, 2.75) is 63.9 Å². The van der Waals surface area contributed by atoms with E-state index in [2.05, 4.69) is 15.5 Å². The van der Waals surface area contributed by atoms with Gasteiger partial charge in [-0.25, -0.2) is 4.79 Å². The van der Waals surface area contributed by atoms with Crippen molar-refractivity contribution in [1.82, 2.24) is 25.3 Å². The molecule has 1 aromatic heterocycles. The summed E-state index contributed by atoms with van der Waals surface area (Å²) in [6.45, 7) is 5.66. The van der Waals surface area contributed by atoms with Gasteiger partial charge in [0.1, 0.15) is 11.6 Å². The number of hydrogen-bond donors (Lipinski definition) is 2. The Morgan fingerprint density at radius 3 is 2.75 bits per heavy atom. The van der Waals surface area contributed by atoms with Crippen molar-refractivity contribution < 1.29 is 28.6 Å². The Morgan fingerprint density at radius 2 is 2.18 bits per heavy atom. The number of ether oxygens (including phenoxy) is 1. The van der Waals surface area contributed by atoms with Crippen LogP contribution >= 0.6 is 0 Å². The predicted molar refractivity (Wildman–Crippen MR) is 93.6 cm³/mol. The molecule has 0 bridgehead atoms. The van der Waals surface area contributed by atoms with Crippen molar-refractivity contribution >= 4 is 17.9 Å². The number of amides is 3. The second-order valence-corrected chi connectivity index (χ2v) is 7.44. The maximum Gasteiger partial charge on any atom is 0.408 e. The Morgan fingerprint density at radius 1 is 1.43 bits per heavy atom. The standard InChI is InChI=1S/C17H25N5O6/c1-10(2)28-16(26)19-13(11(3)23)14(24)22-6-4-5-17(22)8-21(15(17)25)7-12-20-18-9-27-12/h9-11,13,23H,4-8H2,1-3H3,(H,19,26). The molecule has 28 heavy (non-hydrogen) atoms. The summed E-state index contributed by atoms with van der Waals surface area (Å²) in [5.41, 5.74) is -0.951. The first-order valence-corrected chi connectivity index (χ1v) is 9.25. The molecule has 3 amide bonds. The lowest BCUT2D eigenvalue weighted by molar-refractivity contribution is -0.170. The lowest BCUT2D eigenvalue weighted by Crippen LogP contribution is -2.74. The second kappa shape index (κ2) is 7.74. The first-order valence-electron chi connectivity index (χ1n) is 9.25. The van der Waals surface area contributed by atoms with Gasteiger partial charge in [0.05, 0.1) is 25.3 Å². The number of aliphatic hydroxyl groups is 1. The highest BCUT2D eigenvalue weighted by Gasteiger charge is 2.60. The number of alkyl carbamates (subject to hydrolysis) is 1.